The summed E-state index contributed by atoms with van der Waals surface area (Å²) in [6.45, 7) is 7.40. The van der Waals surface area contributed by atoms with Crippen LogP contribution in [-0.4, -0.2) is 24.6 Å². The van der Waals surface area contributed by atoms with Gasteiger partial charge in [0.2, 0.25) is 0 Å². The van der Waals surface area contributed by atoms with Gasteiger partial charge in [-0.2, -0.15) is 0 Å². The Morgan fingerprint density at radius 3 is 2.42 bits per heavy atom. The fraction of sp³-hybridized carbons (Fsp3) is 0.875. The molecule has 0 heterocycles. The van der Waals surface area contributed by atoms with Crippen molar-refractivity contribution in [3.05, 3.63) is 0 Å². The number of hydrogen-bond acceptors (Lipinski definition) is 3. The van der Waals surface area contributed by atoms with E-state index in [0.29, 0.717) is 6.54 Å². The summed E-state index contributed by atoms with van der Waals surface area (Å²) in [6, 6.07) is 2.65. The van der Waals surface area contributed by atoms with Crippen LogP contribution in [0.1, 0.15) is 27.2 Å². The van der Waals surface area contributed by atoms with E-state index in [1.165, 1.54) is 0 Å². The average molecular weight is 192 g/mol. The van der Waals surface area contributed by atoms with Gasteiger partial charge >= 0.3 is 0 Å². The molecular weight excluding hydrogens is 174 g/mol. The number of nitrogens with zero attached hydrogens (tertiary/aromatic N) is 2. The van der Waals surface area contributed by atoms with Crippen molar-refractivity contribution in [1.29, 1.82) is 0 Å². The molecule has 0 aromatic carbocycles. The van der Waals surface area contributed by atoms with Crippen LogP contribution in [0.4, 0.5) is 0 Å². The first-order valence-corrected chi connectivity index (χ1v) is 3.96. The van der Waals surface area contributed by atoms with Crippen molar-refractivity contribution in [2.45, 2.75) is 32.7 Å². The maximum Gasteiger partial charge on any atom is 0.0898 e. The fourth-order valence-electron chi connectivity index (χ4n) is 0.651. The van der Waals surface area contributed by atoms with E-state index < -0.39 is 0 Å². The first-order valence-electron chi connectivity index (χ1n) is 3.96. The van der Waals surface area contributed by atoms with E-state index in [0.717, 1.165) is 13.0 Å². The molecule has 0 unspecified atom stereocenters. The SMILES string of the molecule is CCN=C=NC(C)(C)CCN.Cl. The van der Waals surface area contributed by atoms with Gasteiger partial charge in [-0.1, -0.05) is 0 Å². The van der Waals surface area contributed by atoms with Crippen molar-refractivity contribution in [2.24, 2.45) is 15.7 Å². The van der Waals surface area contributed by atoms with Gasteiger partial charge in [-0.25, -0.2) is 9.98 Å². The molecule has 0 radical (unpaired) electrons. The third-order valence-electron chi connectivity index (χ3n) is 1.34. The summed E-state index contributed by atoms with van der Waals surface area (Å²) >= 11 is 0. The van der Waals surface area contributed by atoms with Crippen molar-refractivity contribution in [1.82, 2.24) is 0 Å². The Balaban J connectivity index is 0. The van der Waals surface area contributed by atoms with Gasteiger partial charge in [-0.15, -0.1) is 12.4 Å². The lowest BCUT2D eigenvalue weighted by atomic mass is 10.0. The van der Waals surface area contributed by atoms with Crippen molar-refractivity contribution < 1.29 is 0 Å². The molecule has 0 rings (SSSR count). The molecule has 0 spiro atoms. The topological polar surface area (TPSA) is 50.7 Å². The Bertz CT molecular complexity index is 160. The molecule has 4 heteroatoms. The van der Waals surface area contributed by atoms with E-state index >= 15 is 0 Å². The van der Waals surface area contributed by atoms with Crippen LogP contribution in [0.2, 0.25) is 0 Å². The zero-order valence-electron chi connectivity index (χ0n) is 8.00. The molecule has 2 N–H and O–H groups in total. The Kier molecular flexibility index (Phi) is 8.61. The Morgan fingerprint density at radius 2 is 2.00 bits per heavy atom. The highest BCUT2D eigenvalue weighted by Crippen LogP contribution is 2.11. The van der Waals surface area contributed by atoms with Crippen LogP contribution in [0, 0.1) is 0 Å². The lowest BCUT2D eigenvalue weighted by Crippen LogP contribution is -2.21. The quantitative estimate of drug-likeness (QED) is 0.677. The molecule has 0 aliphatic rings. The van der Waals surface area contributed by atoms with E-state index in [-0.39, 0.29) is 17.9 Å². The summed E-state index contributed by atoms with van der Waals surface area (Å²) in [5.41, 5.74) is 5.30. The smallest absolute Gasteiger partial charge is 0.0898 e. The molecule has 72 valence electrons. The Morgan fingerprint density at radius 1 is 1.42 bits per heavy atom. The highest BCUT2D eigenvalue weighted by Gasteiger charge is 2.13. The first kappa shape index (κ1) is 14.2. The highest BCUT2D eigenvalue weighted by atomic mass is 35.5. The van der Waals surface area contributed by atoms with Crippen LogP contribution in [0.3, 0.4) is 0 Å². The minimum absolute atomic E-state index is 0. The molecule has 3 nitrogen and oxygen atoms in total. The van der Waals surface area contributed by atoms with E-state index in [4.69, 9.17) is 5.73 Å². The minimum atomic E-state index is -0.104. The summed E-state index contributed by atoms with van der Waals surface area (Å²) in [5.74, 6) is 0. The second-order valence-corrected chi connectivity index (χ2v) is 3.04. The van der Waals surface area contributed by atoms with Crippen LogP contribution < -0.4 is 5.73 Å². The third kappa shape index (κ3) is 7.73. The van der Waals surface area contributed by atoms with Gasteiger partial charge in [-0.05, 0) is 33.7 Å². The molecule has 0 atom stereocenters. The van der Waals surface area contributed by atoms with Gasteiger partial charge in [-0.3, -0.25) is 0 Å². The standard InChI is InChI=1S/C8H17N3.ClH/c1-4-10-7-11-8(2,3)5-6-9;/h4-6,9H2,1-3H3;1H. The predicted molar refractivity (Wildman–Crippen MR) is 55.4 cm³/mol. The van der Waals surface area contributed by atoms with Crippen LogP contribution in [-0.2, 0) is 0 Å². The molecule has 0 aromatic heterocycles. The highest BCUT2D eigenvalue weighted by molar-refractivity contribution is 5.85. The number of hydrogen-bond donors (Lipinski definition) is 1. The molecule has 0 saturated heterocycles. The molecule has 0 bridgehead atoms. The first-order chi connectivity index (χ1) is 5.12. The monoisotopic (exact) mass is 191 g/mol. The van der Waals surface area contributed by atoms with Crippen molar-refractivity contribution in [3.63, 3.8) is 0 Å². The molecular formula is C8H18ClN3. The maximum atomic E-state index is 5.40. The number of halogens is 1. The zero-order valence-corrected chi connectivity index (χ0v) is 8.82. The lowest BCUT2D eigenvalue weighted by Gasteiger charge is -2.15. The lowest BCUT2D eigenvalue weighted by molar-refractivity contribution is 0.490. The second-order valence-electron chi connectivity index (χ2n) is 3.04. The summed E-state index contributed by atoms with van der Waals surface area (Å²) in [4.78, 5) is 8.02. The molecule has 0 saturated carbocycles. The maximum absolute atomic E-state index is 5.40. The van der Waals surface area contributed by atoms with Crippen molar-refractivity contribution in [3.8, 4) is 0 Å². The van der Waals surface area contributed by atoms with Gasteiger partial charge in [0.25, 0.3) is 0 Å². The zero-order chi connectivity index (χ0) is 8.74. The van der Waals surface area contributed by atoms with Crippen LogP contribution in [0.25, 0.3) is 0 Å². The van der Waals surface area contributed by atoms with Crippen LogP contribution >= 0.6 is 12.4 Å². The summed E-state index contributed by atoms with van der Waals surface area (Å²) < 4.78 is 0. The summed E-state index contributed by atoms with van der Waals surface area (Å²) in [6.07, 6.45) is 0.874. The van der Waals surface area contributed by atoms with Gasteiger partial charge in [0.1, 0.15) is 0 Å². The summed E-state index contributed by atoms with van der Waals surface area (Å²) in [5, 5.41) is 0. The van der Waals surface area contributed by atoms with Gasteiger partial charge in [0.15, 0.2) is 0 Å². The third-order valence-corrected chi connectivity index (χ3v) is 1.34. The number of rotatable bonds is 4. The molecule has 0 aliphatic heterocycles. The average Bonchev–Trinajstić information content (AvgIpc) is 1.87. The van der Waals surface area contributed by atoms with Crippen molar-refractivity contribution in [2.75, 3.05) is 13.1 Å². The molecule has 12 heavy (non-hydrogen) atoms. The second kappa shape index (κ2) is 7.29. The normalized spacial score (nSPS) is 9.67. The summed E-state index contributed by atoms with van der Waals surface area (Å²) in [7, 11) is 0. The number of nitrogens with two attached hydrogens (primary N) is 1. The van der Waals surface area contributed by atoms with E-state index in [1.54, 1.807) is 0 Å². The molecule has 0 fully saturated rings. The Hall–Kier alpha value is -0.370. The molecule has 0 aromatic rings. The van der Waals surface area contributed by atoms with Crippen LogP contribution in [0.15, 0.2) is 9.98 Å². The van der Waals surface area contributed by atoms with E-state index in [2.05, 4.69) is 16.0 Å². The van der Waals surface area contributed by atoms with E-state index in [9.17, 15) is 0 Å². The largest absolute Gasteiger partial charge is 0.330 e. The van der Waals surface area contributed by atoms with Crippen molar-refractivity contribution >= 4 is 18.4 Å². The predicted octanol–water partition coefficient (Wildman–Crippen LogP) is 1.73. The Labute approximate surface area is 80.6 Å². The fourth-order valence-corrected chi connectivity index (χ4v) is 0.651. The van der Waals surface area contributed by atoms with Gasteiger partial charge in [0, 0.05) is 6.54 Å². The minimum Gasteiger partial charge on any atom is -0.330 e. The molecule has 0 aliphatic carbocycles. The van der Waals surface area contributed by atoms with E-state index in [1.807, 2.05) is 20.8 Å². The van der Waals surface area contributed by atoms with Crippen LogP contribution in [0.5, 0.6) is 0 Å². The molecule has 0 amide bonds. The van der Waals surface area contributed by atoms with Gasteiger partial charge < -0.3 is 5.73 Å². The number of aliphatic imine (C=N–C) groups is 2. The van der Waals surface area contributed by atoms with Gasteiger partial charge in [0.05, 0.1) is 11.5 Å².